The SMILES string of the molecule is COCCCCNCc1ccc(OC)c(OC(F)F)c1. The molecule has 0 aliphatic rings. The standard InChI is InChI=1S/C14H21F2NO3/c1-18-8-4-3-7-17-10-11-5-6-12(19-2)13(9-11)20-14(15)16/h5-6,9,14,17H,3-4,7-8,10H2,1-2H3. The minimum absolute atomic E-state index is 0.0567. The average molecular weight is 289 g/mol. The lowest BCUT2D eigenvalue weighted by molar-refractivity contribution is -0.0512. The topological polar surface area (TPSA) is 39.7 Å². The summed E-state index contributed by atoms with van der Waals surface area (Å²) in [6.07, 6.45) is 2.00. The zero-order valence-corrected chi connectivity index (χ0v) is 11.8. The van der Waals surface area contributed by atoms with Crippen molar-refractivity contribution >= 4 is 0 Å². The Labute approximate surface area is 118 Å². The molecule has 0 aliphatic carbocycles. The number of alkyl halides is 2. The van der Waals surface area contributed by atoms with Gasteiger partial charge in [0.05, 0.1) is 7.11 Å². The van der Waals surface area contributed by atoms with Gasteiger partial charge >= 0.3 is 6.61 Å². The predicted molar refractivity (Wildman–Crippen MR) is 72.4 cm³/mol. The number of rotatable bonds is 10. The molecule has 0 aliphatic heterocycles. The van der Waals surface area contributed by atoms with Gasteiger partial charge in [0.2, 0.25) is 0 Å². The highest BCUT2D eigenvalue weighted by Crippen LogP contribution is 2.29. The zero-order chi connectivity index (χ0) is 14.8. The van der Waals surface area contributed by atoms with Crippen LogP contribution in [0.3, 0.4) is 0 Å². The number of hydrogen-bond donors (Lipinski definition) is 1. The van der Waals surface area contributed by atoms with E-state index in [1.165, 1.54) is 7.11 Å². The van der Waals surface area contributed by atoms with Crippen molar-refractivity contribution in [3.8, 4) is 11.5 Å². The third-order valence-corrected chi connectivity index (χ3v) is 2.73. The van der Waals surface area contributed by atoms with Gasteiger partial charge in [0.25, 0.3) is 0 Å². The van der Waals surface area contributed by atoms with Crippen LogP contribution in [0.5, 0.6) is 11.5 Å². The fourth-order valence-corrected chi connectivity index (χ4v) is 1.75. The van der Waals surface area contributed by atoms with Crippen molar-refractivity contribution in [3.63, 3.8) is 0 Å². The molecule has 20 heavy (non-hydrogen) atoms. The van der Waals surface area contributed by atoms with Gasteiger partial charge in [-0.1, -0.05) is 6.07 Å². The lowest BCUT2D eigenvalue weighted by atomic mass is 10.2. The predicted octanol–water partition coefficient (Wildman–Crippen LogP) is 2.81. The molecule has 0 saturated carbocycles. The van der Waals surface area contributed by atoms with Gasteiger partial charge in [0.1, 0.15) is 0 Å². The first-order chi connectivity index (χ1) is 9.67. The fourth-order valence-electron chi connectivity index (χ4n) is 1.75. The number of ether oxygens (including phenoxy) is 3. The first-order valence-electron chi connectivity index (χ1n) is 6.48. The van der Waals surface area contributed by atoms with Gasteiger partial charge in [-0.2, -0.15) is 8.78 Å². The highest BCUT2D eigenvalue weighted by atomic mass is 19.3. The molecule has 0 unspecified atom stereocenters. The van der Waals surface area contributed by atoms with Crippen LogP contribution in [-0.2, 0) is 11.3 Å². The number of hydrogen-bond acceptors (Lipinski definition) is 4. The monoisotopic (exact) mass is 289 g/mol. The molecule has 0 amide bonds. The van der Waals surface area contributed by atoms with Crippen LogP contribution in [0.15, 0.2) is 18.2 Å². The Morgan fingerprint density at radius 2 is 1.95 bits per heavy atom. The van der Waals surface area contributed by atoms with Crippen molar-refractivity contribution in [1.82, 2.24) is 5.32 Å². The molecule has 0 spiro atoms. The fraction of sp³-hybridized carbons (Fsp3) is 0.571. The van der Waals surface area contributed by atoms with Gasteiger partial charge in [0, 0.05) is 20.3 Å². The summed E-state index contributed by atoms with van der Waals surface area (Å²) in [6, 6.07) is 5.01. The Hall–Kier alpha value is -1.40. The molecule has 1 rings (SSSR count). The van der Waals surface area contributed by atoms with Crippen LogP contribution in [0.4, 0.5) is 8.78 Å². The van der Waals surface area contributed by atoms with E-state index in [0.717, 1.165) is 31.6 Å². The molecule has 4 nitrogen and oxygen atoms in total. The van der Waals surface area contributed by atoms with Crippen LogP contribution in [-0.4, -0.2) is 34.0 Å². The second-order valence-electron chi connectivity index (χ2n) is 4.24. The van der Waals surface area contributed by atoms with E-state index in [1.807, 2.05) is 6.07 Å². The number of methoxy groups -OCH3 is 2. The molecule has 1 aromatic carbocycles. The maximum Gasteiger partial charge on any atom is 0.387 e. The Morgan fingerprint density at radius 3 is 2.60 bits per heavy atom. The first kappa shape index (κ1) is 16.7. The van der Waals surface area contributed by atoms with E-state index in [1.54, 1.807) is 19.2 Å². The minimum atomic E-state index is -2.86. The van der Waals surface area contributed by atoms with Crippen molar-refractivity contribution in [2.45, 2.75) is 26.0 Å². The van der Waals surface area contributed by atoms with Gasteiger partial charge in [-0.05, 0) is 37.1 Å². The number of benzene rings is 1. The Bertz CT molecular complexity index is 389. The summed E-state index contributed by atoms with van der Waals surface area (Å²) in [4.78, 5) is 0. The largest absolute Gasteiger partial charge is 0.493 e. The molecule has 1 N–H and O–H groups in total. The molecule has 1 aromatic rings. The Morgan fingerprint density at radius 1 is 1.15 bits per heavy atom. The van der Waals surface area contributed by atoms with Crippen molar-refractivity contribution in [2.75, 3.05) is 27.4 Å². The lowest BCUT2D eigenvalue weighted by Gasteiger charge is -2.12. The highest BCUT2D eigenvalue weighted by molar-refractivity contribution is 5.42. The molecule has 6 heteroatoms. The molecule has 0 radical (unpaired) electrons. The van der Waals surface area contributed by atoms with Gasteiger partial charge in [-0.15, -0.1) is 0 Å². The molecule has 0 fully saturated rings. The molecule has 0 bridgehead atoms. The van der Waals surface area contributed by atoms with Crippen molar-refractivity contribution in [1.29, 1.82) is 0 Å². The second-order valence-corrected chi connectivity index (χ2v) is 4.24. The average Bonchev–Trinajstić information content (AvgIpc) is 2.42. The van der Waals surface area contributed by atoms with Crippen LogP contribution < -0.4 is 14.8 Å². The molecular formula is C14H21F2NO3. The van der Waals surface area contributed by atoms with Gasteiger partial charge in [-0.3, -0.25) is 0 Å². The summed E-state index contributed by atoms with van der Waals surface area (Å²) in [5.74, 6) is 0.357. The summed E-state index contributed by atoms with van der Waals surface area (Å²) in [5.41, 5.74) is 0.869. The highest BCUT2D eigenvalue weighted by Gasteiger charge is 2.11. The molecule has 0 aromatic heterocycles. The van der Waals surface area contributed by atoms with E-state index >= 15 is 0 Å². The summed E-state index contributed by atoms with van der Waals surface area (Å²) >= 11 is 0. The second kappa shape index (κ2) is 9.50. The van der Waals surface area contributed by atoms with Crippen molar-refractivity contribution in [3.05, 3.63) is 23.8 Å². The van der Waals surface area contributed by atoms with Crippen molar-refractivity contribution < 1.29 is 23.0 Å². The van der Waals surface area contributed by atoms with E-state index in [-0.39, 0.29) is 5.75 Å². The van der Waals surface area contributed by atoms with Crippen LogP contribution >= 0.6 is 0 Å². The van der Waals surface area contributed by atoms with Crippen LogP contribution in [0, 0.1) is 0 Å². The van der Waals surface area contributed by atoms with Crippen LogP contribution in [0.1, 0.15) is 18.4 Å². The molecule has 0 saturated heterocycles. The lowest BCUT2D eigenvalue weighted by Crippen LogP contribution is -2.15. The smallest absolute Gasteiger partial charge is 0.387 e. The molecular weight excluding hydrogens is 268 g/mol. The van der Waals surface area contributed by atoms with E-state index in [4.69, 9.17) is 9.47 Å². The summed E-state index contributed by atoms with van der Waals surface area (Å²) in [7, 11) is 3.09. The van der Waals surface area contributed by atoms with E-state index in [0.29, 0.717) is 12.3 Å². The normalized spacial score (nSPS) is 10.8. The van der Waals surface area contributed by atoms with E-state index in [9.17, 15) is 8.78 Å². The van der Waals surface area contributed by atoms with Crippen molar-refractivity contribution in [2.24, 2.45) is 0 Å². The van der Waals surface area contributed by atoms with Gasteiger partial charge in [0.15, 0.2) is 11.5 Å². The third-order valence-electron chi connectivity index (χ3n) is 2.73. The summed E-state index contributed by atoms with van der Waals surface area (Å²) in [5, 5.41) is 3.24. The molecule has 0 heterocycles. The summed E-state index contributed by atoms with van der Waals surface area (Å²) in [6.45, 7) is -0.672. The number of halogens is 2. The maximum atomic E-state index is 12.3. The third kappa shape index (κ3) is 6.16. The van der Waals surface area contributed by atoms with E-state index in [2.05, 4.69) is 10.1 Å². The number of unbranched alkanes of at least 4 members (excludes halogenated alkanes) is 1. The van der Waals surface area contributed by atoms with Crippen LogP contribution in [0.2, 0.25) is 0 Å². The minimum Gasteiger partial charge on any atom is -0.493 e. The van der Waals surface area contributed by atoms with E-state index < -0.39 is 6.61 Å². The van der Waals surface area contributed by atoms with Gasteiger partial charge < -0.3 is 19.5 Å². The molecule has 0 atom stereocenters. The van der Waals surface area contributed by atoms with Gasteiger partial charge in [-0.25, -0.2) is 0 Å². The summed E-state index contributed by atoms with van der Waals surface area (Å²) < 4.78 is 38.9. The quantitative estimate of drug-likeness (QED) is 0.672. The molecule has 114 valence electrons. The maximum absolute atomic E-state index is 12.3. The van der Waals surface area contributed by atoms with Crippen LogP contribution in [0.25, 0.3) is 0 Å². The Kier molecular flexibility index (Phi) is 7.91. The Balaban J connectivity index is 2.45. The first-order valence-corrected chi connectivity index (χ1v) is 6.48. The zero-order valence-electron chi connectivity index (χ0n) is 11.8. The number of nitrogens with one attached hydrogen (secondary N) is 1.